The van der Waals surface area contributed by atoms with E-state index >= 15 is 0 Å². The van der Waals surface area contributed by atoms with Crippen LogP contribution in [0, 0.1) is 6.92 Å². The summed E-state index contributed by atoms with van der Waals surface area (Å²) >= 11 is 3.37. The maximum absolute atomic E-state index is 12.6. The van der Waals surface area contributed by atoms with E-state index in [9.17, 15) is 9.59 Å². The molecule has 0 saturated heterocycles. The molecule has 1 aliphatic rings. The van der Waals surface area contributed by atoms with E-state index in [1.165, 1.54) is 0 Å². The molecule has 22 heavy (non-hydrogen) atoms. The first-order valence-corrected chi connectivity index (χ1v) is 7.86. The number of benzene rings is 2. The molecule has 0 heterocycles. The van der Waals surface area contributed by atoms with Crippen LogP contribution < -0.4 is 4.74 Å². The van der Waals surface area contributed by atoms with Gasteiger partial charge in [-0.15, -0.1) is 0 Å². The molecular formula is C18H15BrO3. The molecule has 0 unspecified atom stereocenters. The number of ether oxygens (including phenoxy) is 1. The summed E-state index contributed by atoms with van der Waals surface area (Å²) in [6, 6.07) is 8.99. The maximum atomic E-state index is 12.6. The Morgan fingerprint density at radius 3 is 2.45 bits per heavy atom. The average Bonchev–Trinajstić information content (AvgIpc) is 2.52. The second-order valence-electron chi connectivity index (χ2n) is 5.38. The lowest BCUT2D eigenvalue weighted by Gasteiger charge is -2.19. The van der Waals surface area contributed by atoms with Gasteiger partial charge in [0.15, 0.2) is 0 Å². The van der Waals surface area contributed by atoms with Gasteiger partial charge in [-0.1, -0.05) is 22.0 Å². The Bertz CT molecular complexity index is 793. The van der Waals surface area contributed by atoms with Crippen LogP contribution in [-0.4, -0.2) is 18.7 Å². The van der Waals surface area contributed by atoms with E-state index in [0.717, 1.165) is 33.3 Å². The number of fused-ring (bicyclic) bond motifs is 2. The van der Waals surface area contributed by atoms with Gasteiger partial charge in [-0.2, -0.15) is 0 Å². The van der Waals surface area contributed by atoms with Gasteiger partial charge < -0.3 is 4.74 Å². The fraction of sp³-hybridized carbons (Fsp3) is 0.222. The minimum Gasteiger partial charge on any atom is -0.496 e. The van der Waals surface area contributed by atoms with Crippen molar-refractivity contribution >= 4 is 27.5 Å². The molecule has 2 aromatic rings. The van der Waals surface area contributed by atoms with Crippen molar-refractivity contribution in [3.63, 3.8) is 0 Å². The molecule has 0 aliphatic heterocycles. The van der Waals surface area contributed by atoms with Gasteiger partial charge in [-0.05, 0) is 60.7 Å². The van der Waals surface area contributed by atoms with Gasteiger partial charge in [-0.25, -0.2) is 0 Å². The van der Waals surface area contributed by atoms with Crippen molar-refractivity contribution in [3.8, 4) is 5.75 Å². The smallest absolute Gasteiger partial charge is 0.233 e. The molecule has 0 saturated carbocycles. The molecule has 0 N–H and O–H groups in total. The highest BCUT2D eigenvalue weighted by Gasteiger charge is 2.27. The molecule has 0 amide bonds. The zero-order chi connectivity index (χ0) is 15.9. The van der Waals surface area contributed by atoms with Gasteiger partial charge in [0, 0.05) is 15.6 Å². The third-order valence-electron chi connectivity index (χ3n) is 4.18. The summed E-state index contributed by atoms with van der Waals surface area (Å²) in [6.45, 7) is 1.93. The van der Waals surface area contributed by atoms with E-state index in [1.54, 1.807) is 25.3 Å². The lowest BCUT2D eigenvalue weighted by Crippen LogP contribution is -2.21. The first-order valence-electron chi connectivity index (χ1n) is 7.07. The molecule has 4 heteroatoms. The summed E-state index contributed by atoms with van der Waals surface area (Å²) in [5.74, 6) is -0.141. The second-order valence-corrected chi connectivity index (χ2v) is 6.29. The third kappa shape index (κ3) is 2.37. The van der Waals surface area contributed by atoms with Gasteiger partial charge >= 0.3 is 0 Å². The number of halogens is 1. The van der Waals surface area contributed by atoms with Crippen LogP contribution >= 0.6 is 15.9 Å². The number of hydrogen-bond donors (Lipinski definition) is 0. The quantitative estimate of drug-likeness (QED) is 0.725. The number of carbonyl (C=O) groups excluding carboxylic acids is 2. The number of Topliss-reactive ketones (excluding diaryl/α,β-unsaturated/α-hetero) is 2. The van der Waals surface area contributed by atoms with Crippen molar-refractivity contribution in [2.24, 2.45) is 0 Å². The normalized spacial score (nSPS) is 14.0. The predicted molar refractivity (Wildman–Crippen MR) is 87.9 cm³/mol. The molecule has 2 aromatic carbocycles. The number of ketones is 2. The van der Waals surface area contributed by atoms with Gasteiger partial charge in [0.1, 0.15) is 5.75 Å². The third-order valence-corrected chi connectivity index (χ3v) is 4.67. The molecule has 3 nitrogen and oxygen atoms in total. The summed E-state index contributed by atoms with van der Waals surface area (Å²) in [5, 5.41) is 0. The molecule has 0 spiro atoms. The van der Waals surface area contributed by atoms with Crippen LogP contribution in [0.25, 0.3) is 0 Å². The zero-order valence-corrected chi connectivity index (χ0v) is 14.0. The molecule has 0 aromatic heterocycles. The Hall–Kier alpha value is -1.94. The lowest BCUT2D eigenvalue weighted by molar-refractivity contribution is 0.0815. The fourth-order valence-corrected chi connectivity index (χ4v) is 3.33. The minimum atomic E-state index is -0.445. The van der Waals surface area contributed by atoms with Crippen molar-refractivity contribution in [1.29, 1.82) is 0 Å². The van der Waals surface area contributed by atoms with E-state index in [2.05, 4.69) is 15.9 Å². The first kappa shape index (κ1) is 15.0. The van der Waals surface area contributed by atoms with Crippen LogP contribution in [0.2, 0.25) is 0 Å². The van der Waals surface area contributed by atoms with Crippen molar-refractivity contribution in [1.82, 2.24) is 0 Å². The van der Waals surface area contributed by atoms with Gasteiger partial charge in [0.25, 0.3) is 0 Å². The standard InChI is InChI=1S/C18H15BrO3/c1-10-13-6-4-11-3-5-12(19)9-15(11)18(21)17(20)14(13)7-8-16(10)22-2/h3,5,7-9H,4,6H2,1-2H3. The van der Waals surface area contributed by atoms with Crippen LogP contribution in [0.4, 0.5) is 0 Å². The van der Waals surface area contributed by atoms with E-state index in [1.807, 2.05) is 19.1 Å². The number of rotatable bonds is 1. The first-order chi connectivity index (χ1) is 10.5. The molecule has 1 aliphatic carbocycles. The van der Waals surface area contributed by atoms with E-state index < -0.39 is 11.6 Å². The van der Waals surface area contributed by atoms with Crippen LogP contribution in [0.15, 0.2) is 34.8 Å². The zero-order valence-electron chi connectivity index (χ0n) is 12.4. The average molecular weight is 359 g/mol. The summed E-state index contributed by atoms with van der Waals surface area (Å²) in [5.41, 5.74) is 3.75. The molecular weight excluding hydrogens is 344 g/mol. The molecule has 0 radical (unpaired) electrons. The second kappa shape index (κ2) is 5.69. The Labute approximate surface area is 137 Å². The SMILES string of the molecule is COc1ccc2c(c1C)CCc1ccc(Br)cc1C(=O)C2=O. The highest BCUT2D eigenvalue weighted by atomic mass is 79.9. The molecule has 3 rings (SSSR count). The number of hydrogen-bond acceptors (Lipinski definition) is 3. The van der Waals surface area contributed by atoms with E-state index in [-0.39, 0.29) is 0 Å². The van der Waals surface area contributed by atoms with Crippen molar-refractivity contribution in [2.45, 2.75) is 19.8 Å². The minimum absolute atomic E-state index is 0.443. The lowest BCUT2D eigenvalue weighted by atomic mass is 9.85. The van der Waals surface area contributed by atoms with Crippen LogP contribution in [0.3, 0.4) is 0 Å². The van der Waals surface area contributed by atoms with Crippen molar-refractivity contribution in [3.05, 3.63) is 62.6 Å². The number of methoxy groups -OCH3 is 1. The van der Waals surface area contributed by atoms with Crippen LogP contribution in [0.1, 0.15) is 37.4 Å². The van der Waals surface area contributed by atoms with Crippen molar-refractivity contribution in [2.75, 3.05) is 7.11 Å². The highest BCUT2D eigenvalue weighted by molar-refractivity contribution is 9.10. The van der Waals surface area contributed by atoms with Crippen molar-refractivity contribution < 1.29 is 14.3 Å². The molecule has 0 atom stereocenters. The Kier molecular flexibility index (Phi) is 3.87. The van der Waals surface area contributed by atoms with Crippen LogP contribution in [-0.2, 0) is 12.8 Å². The fourth-order valence-electron chi connectivity index (χ4n) is 2.97. The highest BCUT2D eigenvalue weighted by Crippen LogP contribution is 2.30. The summed E-state index contributed by atoms with van der Waals surface area (Å²) in [7, 11) is 1.61. The monoisotopic (exact) mass is 358 g/mol. The van der Waals surface area contributed by atoms with E-state index in [0.29, 0.717) is 17.5 Å². The number of aryl methyl sites for hydroxylation is 1. The summed E-state index contributed by atoms with van der Waals surface area (Å²) in [4.78, 5) is 25.2. The van der Waals surface area contributed by atoms with Gasteiger partial charge in [0.2, 0.25) is 11.6 Å². The Morgan fingerprint density at radius 2 is 1.73 bits per heavy atom. The largest absolute Gasteiger partial charge is 0.496 e. The predicted octanol–water partition coefficient (Wildman–Crippen LogP) is 3.93. The Balaban J connectivity index is 2.17. The van der Waals surface area contributed by atoms with Gasteiger partial charge in [-0.3, -0.25) is 9.59 Å². The maximum Gasteiger partial charge on any atom is 0.233 e. The van der Waals surface area contributed by atoms with Crippen LogP contribution in [0.5, 0.6) is 5.75 Å². The molecule has 0 bridgehead atoms. The topological polar surface area (TPSA) is 43.4 Å². The summed E-state index contributed by atoms with van der Waals surface area (Å²) in [6.07, 6.45) is 1.44. The summed E-state index contributed by atoms with van der Waals surface area (Å²) < 4.78 is 6.13. The number of carbonyl (C=O) groups is 2. The molecule has 112 valence electrons. The van der Waals surface area contributed by atoms with E-state index in [4.69, 9.17) is 4.74 Å². The Morgan fingerprint density at radius 1 is 1.00 bits per heavy atom. The van der Waals surface area contributed by atoms with Gasteiger partial charge in [0.05, 0.1) is 7.11 Å². The molecule has 0 fully saturated rings.